The van der Waals surface area contributed by atoms with Gasteiger partial charge in [-0.1, -0.05) is 55.6 Å². The van der Waals surface area contributed by atoms with Crippen molar-refractivity contribution in [2.24, 2.45) is 5.92 Å². The Kier molecular flexibility index (Phi) is 8.35. The zero-order valence-corrected chi connectivity index (χ0v) is 9.72. The van der Waals surface area contributed by atoms with E-state index >= 15 is 0 Å². The van der Waals surface area contributed by atoms with Gasteiger partial charge in [-0.05, 0) is 18.5 Å². The van der Waals surface area contributed by atoms with Gasteiger partial charge in [0.2, 0.25) is 0 Å². The molecule has 0 nitrogen and oxygen atoms in total. The predicted octanol–water partition coefficient (Wildman–Crippen LogP) is 4.99. The third kappa shape index (κ3) is 11.0. The van der Waals surface area contributed by atoms with Crippen molar-refractivity contribution in [2.45, 2.75) is 39.5 Å². The zero-order chi connectivity index (χ0) is 8.69. The monoisotopic (exact) mass is 214 g/mol. The van der Waals surface area contributed by atoms with Gasteiger partial charge >= 0.3 is 0 Å². The van der Waals surface area contributed by atoms with Crippen molar-refractivity contribution in [3.63, 3.8) is 0 Å². The van der Waals surface area contributed by atoms with Crippen LogP contribution in [0.15, 0.2) is 0 Å². The molecule has 0 N–H and O–H groups in total. The van der Waals surface area contributed by atoms with Crippen molar-refractivity contribution in [3.8, 4) is 0 Å². The van der Waals surface area contributed by atoms with Gasteiger partial charge in [-0.15, -0.1) is 0 Å². The fraction of sp³-hybridized carbons (Fsp3) is 1.00. The van der Waals surface area contributed by atoms with E-state index in [2.05, 4.69) is 13.8 Å². The Hall–Kier alpha value is 1.01. The van der Waals surface area contributed by atoms with Crippen LogP contribution in [-0.4, -0.2) is 6.16 Å². The molecule has 0 aromatic heterocycles. The number of hydrogen-bond acceptors (Lipinski definition) is 0. The first-order chi connectivity index (χ1) is 5.13. The topological polar surface area (TPSA) is 0 Å². The van der Waals surface area contributed by atoms with E-state index in [1.807, 2.05) is 0 Å². The highest BCUT2D eigenvalue weighted by atomic mass is 35.9. The number of unbranched alkanes of at least 4 members (excludes halogenated alkanes) is 2. The molecular formula is C8H17Cl2P. The third-order valence-corrected chi connectivity index (χ3v) is 3.28. The van der Waals surface area contributed by atoms with Gasteiger partial charge in [-0.25, -0.2) is 0 Å². The van der Waals surface area contributed by atoms with Crippen LogP contribution in [0.4, 0.5) is 0 Å². The van der Waals surface area contributed by atoms with Crippen molar-refractivity contribution in [1.82, 2.24) is 0 Å². The van der Waals surface area contributed by atoms with Gasteiger partial charge in [-0.2, -0.15) is 0 Å². The van der Waals surface area contributed by atoms with Crippen LogP contribution in [-0.2, 0) is 0 Å². The molecule has 0 aromatic rings. The molecule has 0 aliphatic carbocycles. The summed E-state index contributed by atoms with van der Waals surface area (Å²) in [6.07, 6.45) is 6.16. The minimum atomic E-state index is -0.688. The summed E-state index contributed by atoms with van der Waals surface area (Å²) < 4.78 is 0. The maximum atomic E-state index is 5.65. The van der Waals surface area contributed by atoms with Gasteiger partial charge in [0.05, 0.1) is 6.63 Å². The van der Waals surface area contributed by atoms with Gasteiger partial charge < -0.3 is 0 Å². The molecule has 0 unspecified atom stereocenters. The zero-order valence-electron chi connectivity index (χ0n) is 7.32. The highest BCUT2D eigenvalue weighted by molar-refractivity contribution is 8.03. The lowest BCUT2D eigenvalue weighted by Crippen LogP contribution is -1.87. The molecule has 0 aliphatic heterocycles. The molecule has 68 valence electrons. The number of rotatable bonds is 6. The van der Waals surface area contributed by atoms with Gasteiger partial charge in [0, 0.05) is 0 Å². The molecule has 0 spiro atoms. The van der Waals surface area contributed by atoms with Crippen molar-refractivity contribution in [2.75, 3.05) is 6.16 Å². The van der Waals surface area contributed by atoms with Crippen molar-refractivity contribution < 1.29 is 0 Å². The average molecular weight is 215 g/mol. The van der Waals surface area contributed by atoms with Gasteiger partial charge in [0.25, 0.3) is 0 Å². The summed E-state index contributed by atoms with van der Waals surface area (Å²) in [5, 5.41) is 0. The highest BCUT2D eigenvalue weighted by Gasteiger charge is 1.98. The van der Waals surface area contributed by atoms with Gasteiger partial charge in [0.15, 0.2) is 0 Å². The molecule has 0 amide bonds. The van der Waals surface area contributed by atoms with E-state index in [9.17, 15) is 0 Å². The molecular weight excluding hydrogens is 198 g/mol. The Morgan fingerprint density at radius 1 is 1.09 bits per heavy atom. The normalized spacial score (nSPS) is 11.5. The van der Waals surface area contributed by atoms with Crippen LogP contribution in [0.5, 0.6) is 0 Å². The van der Waals surface area contributed by atoms with Crippen LogP contribution in [0.1, 0.15) is 39.5 Å². The summed E-state index contributed by atoms with van der Waals surface area (Å²) >= 11 is 11.3. The van der Waals surface area contributed by atoms with Crippen LogP contribution in [0.25, 0.3) is 0 Å². The fourth-order valence-electron chi connectivity index (χ4n) is 0.961. The quantitative estimate of drug-likeness (QED) is 0.432. The summed E-state index contributed by atoms with van der Waals surface area (Å²) in [5.41, 5.74) is 0. The molecule has 0 fully saturated rings. The van der Waals surface area contributed by atoms with Crippen molar-refractivity contribution in [1.29, 1.82) is 0 Å². The molecule has 3 heteroatoms. The molecule has 0 aromatic carbocycles. The Morgan fingerprint density at radius 3 is 2.18 bits per heavy atom. The summed E-state index contributed by atoms with van der Waals surface area (Å²) in [6, 6.07) is 0. The minimum absolute atomic E-state index is 0.688. The van der Waals surface area contributed by atoms with E-state index in [-0.39, 0.29) is 0 Å². The largest absolute Gasteiger partial charge is 0.0854 e. The summed E-state index contributed by atoms with van der Waals surface area (Å²) in [4.78, 5) is 0. The molecule has 0 rings (SSSR count). The van der Waals surface area contributed by atoms with E-state index in [0.717, 1.165) is 12.1 Å². The Labute approximate surface area is 81.0 Å². The summed E-state index contributed by atoms with van der Waals surface area (Å²) in [5.74, 6) is 0.837. The Bertz CT molecular complexity index is 74.2. The predicted molar refractivity (Wildman–Crippen MR) is 56.8 cm³/mol. The third-order valence-electron chi connectivity index (χ3n) is 1.61. The van der Waals surface area contributed by atoms with Crippen LogP contribution in [0.2, 0.25) is 0 Å². The van der Waals surface area contributed by atoms with Crippen LogP contribution in [0.3, 0.4) is 0 Å². The first kappa shape index (κ1) is 12.0. The molecule has 0 aliphatic rings. The Morgan fingerprint density at radius 2 is 1.73 bits per heavy atom. The van der Waals surface area contributed by atoms with Crippen molar-refractivity contribution in [3.05, 3.63) is 0 Å². The first-order valence-electron chi connectivity index (χ1n) is 4.22. The lowest BCUT2D eigenvalue weighted by Gasteiger charge is -2.03. The second-order valence-electron chi connectivity index (χ2n) is 3.27. The SMILES string of the molecule is CC(C)CCCCCP(Cl)Cl. The Balaban J connectivity index is 2.91. The molecule has 0 saturated carbocycles. The van der Waals surface area contributed by atoms with E-state index < -0.39 is 6.63 Å². The van der Waals surface area contributed by atoms with Crippen LogP contribution < -0.4 is 0 Å². The molecule has 0 radical (unpaired) electrons. The van der Waals surface area contributed by atoms with Crippen LogP contribution >= 0.6 is 29.1 Å². The molecule has 11 heavy (non-hydrogen) atoms. The van der Waals surface area contributed by atoms with E-state index in [0.29, 0.717) is 0 Å². The summed E-state index contributed by atoms with van der Waals surface area (Å²) in [7, 11) is 0. The van der Waals surface area contributed by atoms with E-state index in [1.165, 1.54) is 25.7 Å². The first-order valence-corrected chi connectivity index (χ1v) is 7.55. The molecule has 0 bridgehead atoms. The molecule has 0 heterocycles. The van der Waals surface area contributed by atoms with E-state index in [4.69, 9.17) is 22.5 Å². The smallest absolute Gasteiger partial charge is 0.0781 e. The molecule has 0 atom stereocenters. The maximum Gasteiger partial charge on any atom is 0.0854 e. The maximum absolute atomic E-state index is 5.65. The fourth-order valence-corrected chi connectivity index (χ4v) is 2.14. The standard InChI is InChI=1S/C8H17Cl2P/c1-8(2)6-4-3-5-7-11(9)10/h8H,3-7H2,1-2H3. The van der Waals surface area contributed by atoms with Crippen molar-refractivity contribution >= 4 is 29.1 Å². The second-order valence-corrected chi connectivity index (χ2v) is 7.29. The average Bonchev–Trinajstić information content (AvgIpc) is 1.85. The van der Waals surface area contributed by atoms with Crippen LogP contribution in [0, 0.1) is 5.92 Å². The summed E-state index contributed by atoms with van der Waals surface area (Å²) in [6.45, 7) is 3.83. The molecule has 0 saturated heterocycles. The highest BCUT2D eigenvalue weighted by Crippen LogP contribution is 2.47. The lowest BCUT2D eigenvalue weighted by molar-refractivity contribution is 0.535. The number of hydrogen-bond donors (Lipinski definition) is 0. The number of halogens is 2. The van der Waals surface area contributed by atoms with Gasteiger partial charge in [0.1, 0.15) is 0 Å². The lowest BCUT2D eigenvalue weighted by atomic mass is 10.1. The minimum Gasteiger partial charge on any atom is -0.0781 e. The van der Waals surface area contributed by atoms with E-state index in [1.54, 1.807) is 0 Å². The second kappa shape index (κ2) is 7.65. The van der Waals surface area contributed by atoms with Gasteiger partial charge in [-0.3, -0.25) is 0 Å².